The van der Waals surface area contributed by atoms with Gasteiger partial charge in [-0.15, -0.1) is 0 Å². The van der Waals surface area contributed by atoms with E-state index in [1.54, 1.807) is 11.0 Å². The zero-order valence-electron chi connectivity index (χ0n) is 11.2. The summed E-state index contributed by atoms with van der Waals surface area (Å²) in [6.45, 7) is 1.44. The Labute approximate surface area is 112 Å². The van der Waals surface area contributed by atoms with E-state index in [1.165, 1.54) is 12.3 Å². The molecule has 1 saturated heterocycles. The Hall–Kier alpha value is -1.95. The van der Waals surface area contributed by atoms with E-state index in [9.17, 15) is 9.59 Å². The van der Waals surface area contributed by atoms with Crippen molar-refractivity contribution >= 4 is 11.8 Å². The minimum atomic E-state index is -0.623. The molecule has 0 aliphatic carbocycles. The highest BCUT2D eigenvalue weighted by Crippen LogP contribution is 2.16. The van der Waals surface area contributed by atoms with Crippen LogP contribution in [-0.2, 0) is 0 Å². The average molecular weight is 262 g/mol. The number of likely N-dealkylation sites (tertiary alicyclic amines) is 1. The molecular formula is C13H18N4O2. The molecule has 1 aromatic heterocycles. The van der Waals surface area contributed by atoms with Crippen LogP contribution >= 0.6 is 0 Å². The van der Waals surface area contributed by atoms with Crippen LogP contribution in [0.15, 0.2) is 18.3 Å². The summed E-state index contributed by atoms with van der Waals surface area (Å²) in [4.78, 5) is 31.1. The van der Waals surface area contributed by atoms with Crippen LogP contribution in [0, 0.1) is 0 Å². The first-order valence-corrected chi connectivity index (χ1v) is 6.20. The fourth-order valence-corrected chi connectivity index (χ4v) is 2.23. The standard InChI is InChI=1S/C13H18N4O2/c1-16(2)10-4-6-17(8-10)13(19)9-3-5-15-11(7-9)12(14)18/h3,5,7,10H,4,6,8H2,1-2H3,(H2,14,18). The van der Waals surface area contributed by atoms with Crippen LogP contribution in [0.2, 0.25) is 0 Å². The molecule has 102 valence electrons. The highest BCUT2D eigenvalue weighted by atomic mass is 16.2. The zero-order valence-corrected chi connectivity index (χ0v) is 11.2. The lowest BCUT2D eigenvalue weighted by atomic mass is 10.2. The molecular weight excluding hydrogens is 244 g/mol. The molecule has 19 heavy (non-hydrogen) atoms. The van der Waals surface area contributed by atoms with Gasteiger partial charge in [0.05, 0.1) is 0 Å². The van der Waals surface area contributed by atoms with E-state index in [-0.39, 0.29) is 11.6 Å². The van der Waals surface area contributed by atoms with E-state index in [2.05, 4.69) is 9.88 Å². The van der Waals surface area contributed by atoms with Gasteiger partial charge in [0, 0.05) is 30.9 Å². The van der Waals surface area contributed by atoms with Crippen molar-refractivity contribution in [3.05, 3.63) is 29.6 Å². The number of primary amides is 1. The van der Waals surface area contributed by atoms with E-state index < -0.39 is 5.91 Å². The second kappa shape index (κ2) is 5.36. The highest BCUT2D eigenvalue weighted by Gasteiger charge is 2.28. The van der Waals surface area contributed by atoms with Crippen LogP contribution in [0.25, 0.3) is 0 Å². The molecule has 6 heteroatoms. The van der Waals surface area contributed by atoms with Gasteiger partial charge in [-0.25, -0.2) is 0 Å². The number of carbonyl (C=O) groups is 2. The molecule has 0 saturated carbocycles. The summed E-state index contributed by atoms with van der Waals surface area (Å²) in [6.07, 6.45) is 2.40. The third kappa shape index (κ3) is 2.90. The van der Waals surface area contributed by atoms with Crippen molar-refractivity contribution in [3.8, 4) is 0 Å². The lowest BCUT2D eigenvalue weighted by Crippen LogP contribution is -2.34. The number of likely N-dealkylation sites (N-methyl/N-ethyl adjacent to an activating group) is 1. The molecule has 0 spiro atoms. The number of aromatic nitrogens is 1. The summed E-state index contributed by atoms with van der Waals surface area (Å²) in [5.41, 5.74) is 5.75. The fourth-order valence-electron chi connectivity index (χ4n) is 2.23. The largest absolute Gasteiger partial charge is 0.364 e. The van der Waals surface area contributed by atoms with E-state index in [1.807, 2.05) is 14.1 Å². The Kier molecular flexibility index (Phi) is 3.80. The third-order valence-corrected chi connectivity index (χ3v) is 3.44. The van der Waals surface area contributed by atoms with Gasteiger partial charge in [0.1, 0.15) is 5.69 Å². The van der Waals surface area contributed by atoms with Gasteiger partial charge in [-0.2, -0.15) is 0 Å². The summed E-state index contributed by atoms with van der Waals surface area (Å²) in [7, 11) is 4.02. The molecule has 2 amide bonds. The lowest BCUT2D eigenvalue weighted by Gasteiger charge is -2.20. The van der Waals surface area contributed by atoms with Crippen LogP contribution in [-0.4, -0.2) is 59.8 Å². The summed E-state index contributed by atoms with van der Waals surface area (Å²) >= 11 is 0. The predicted molar refractivity (Wildman–Crippen MR) is 70.8 cm³/mol. The predicted octanol–water partition coefficient (Wildman–Crippen LogP) is -0.0434. The van der Waals surface area contributed by atoms with E-state index in [4.69, 9.17) is 5.73 Å². The van der Waals surface area contributed by atoms with E-state index in [0.717, 1.165) is 13.0 Å². The molecule has 0 radical (unpaired) electrons. The molecule has 2 heterocycles. The van der Waals surface area contributed by atoms with Crippen LogP contribution in [0.1, 0.15) is 27.3 Å². The van der Waals surface area contributed by atoms with Crippen molar-refractivity contribution in [1.82, 2.24) is 14.8 Å². The van der Waals surface area contributed by atoms with Crippen LogP contribution in [0.4, 0.5) is 0 Å². The molecule has 6 nitrogen and oxygen atoms in total. The first-order valence-electron chi connectivity index (χ1n) is 6.20. The topological polar surface area (TPSA) is 79.5 Å². The quantitative estimate of drug-likeness (QED) is 0.828. The second-order valence-electron chi connectivity index (χ2n) is 4.95. The van der Waals surface area contributed by atoms with Gasteiger partial charge in [-0.1, -0.05) is 0 Å². The van der Waals surface area contributed by atoms with Crippen molar-refractivity contribution in [2.24, 2.45) is 5.73 Å². The molecule has 1 fully saturated rings. The summed E-state index contributed by atoms with van der Waals surface area (Å²) in [6, 6.07) is 3.45. The molecule has 1 aliphatic heterocycles. The lowest BCUT2D eigenvalue weighted by molar-refractivity contribution is 0.0783. The maximum Gasteiger partial charge on any atom is 0.267 e. The minimum absolute atomic E-state index is 0.0748. The van der Waals surface area contributed by atoms with Crippen molar-refractivity contribution in [2.45, 2.75) is 12.5 Å². The van der Waals surface area contributed by atoms with E-state index >= 15 is 0 Å². The van der Waals surface area contributed by atoms with Gasteiger partial charge in [-0.3, -0.25) is 14.6 Å². The zero-order chi connectivity index (χ0) is 14.0. The number of hydrogen-bond acceptors (Lipinski definition) is 4. The first kappa shape index (κ1) is 13.5. The van der Waals surface area contributed by atoms with Crippen molar-refractivity contribution in [3.63, 3.8) is 0 Å². The number of rotatable bonds is 3. The number of amides is 2. The average Bonchev–Trinajstić information content (AvgIpc) is 2.87. The van der Waals surface area contributed by atoms with Crippen molar-refractivity contribution in [2.75, 3.05) is 27.2 Å². The summed E-state index contributed by atoms with van der Waals surface area (Å²) < 4.78 is 0. The molecule has 2 N–H and O–H groups in total. The Balaban J connectivity index is 2.12. The van der Waals surface area contributed by atoms with Crippen molar-refractivity contribution < 1.29 is 9.59 Å². The summed E-state index contributed by atoms with van der Waals surface area (Å²) in [5.74, 6) is -0.698. The summed E-state index contributed by atoms with van der Waals surface area (Å²) in [5, 5.41) is 0. The fraction of sp³-hybridized carbons (Fsp3) is 0.462. The molecule has 1 atom stereocenters. The van der Waals surface area contributed by atoms with Crippen LogP contribution < -0.4 is 5.73 Å². The van der Waals surface area contributed by atoms with Gasteiger partial charge in [0.25, 0.3) is 11.8 Å². The second-order valence-corrected chi connectivity index (χ2v) is 4.95. The first-order chi connectivity index (χ1) is 8.99. The van der Waals surface area contributed by atoms with E-state index in [0.29, 0.717) is 18.2 Å². The Morgan fingerprint density at radius 3 is 2.79 bits per heavy atom. The van der Waals surface area contributed by atoms with Gasteiger partial charge in [0.15, 0.2) is 0 Å². The molecule has 1 aromatic rings. The van der Waals surface area contributed by atoms with Crippen LogP contribution in [0.3, 0.4) is 0 Å². The highest BCUT2D eigenvalue weighted by molar-refractivity contribution is 5.98. The molecule has 2 rings (SSSR count). The molecule has 1 aliphatic rings. The number of nitrogens with two attached hydrogens (primary N) is 1. The Morgan fingerprint density at radius 1 is 1.47 bits per heavy atom. The maximum atomic E-state index is 12.3. The van der Waals surface area contributed by atoms with Gasteiger partial charge >= 0.3 is 0 Å². The normalized spacial score (nSPS) is 18.9. The number of nitrogens with zero attached hydrogens (tertiary/aromatic N) is 3. The maximum absolute atomic E-state index is 12.3. The monoisotopic (exact) mass is 262 g/mol. The Morgan fingerprint density at radius 2 is 2.21 bits per heavy atom. The number of hydrogen-bond donors (Lipinski definition) is 1. The van der Waals surface area contributed by atoms with Crippen LogP contribution in [0.5, 0.6) is 0 Å². The number of pyridine rings is 1. The minimum Gasteiger partial charge on any atom is -0.364 e. The SMILES string of the molecule is CN(C)C1CCN(C(=O)c2ccnc(C(N)=O)c2)C1. The van der Waals surface area contributed by atoms with Gasteiger partial charge < -0.3 is 15.5 Å². The van der Waals surface area contributed by atoms with Gasteiger partial charge in [-0.05, 0) is 32.6 Å². The molecule has 0 bridgehead atoms. The smallest absolute Gasteiger partial charge is 0.267 e. The third-order valence-electron chi connectivity index (χ3n) is 3.44. The Bertz CT molecular complexity index is 501. The molecule has 0 aromatic carbocycles. The van der Waals surface area contributed by atoms with Gasteiger partial charge in [0.2, 0.25) is 0 Å². The van der Waals surface area contributed by atoms with Crippen molar-refractivity contribution in [1.29, 1.82) is 0 Å². The molecule has 1 unspecified atom stereocenters. The number of carbonyl (C=O) groups excluding carboxylic acids is 2.